The third-order valence-corrected chi connectivity index (χ3v) is 3.85. The zero-order valence-electron chi connectivity index (χ0n) is 15.1. The van der Waals surface area contributed by atoms with Gasteiger partial charge in [-0.1, -0.05) is 18.2 Å². The lowest BCUT2D eigenvalue weighted by atomic mass is 10.1. The van der Waals surface area contributed by atoms with E-state index >= 15 is 0 Å². The van der Waals surface area contributed by atoms with Gasteiger partial charge in [-0.3, -0.25) is 0 Å². The van der Waals surface area contributed by atoms with E-state index in [2.05, 4.69) is 10.3 Å². The average molecular weight is 381 g/mol. The molecule has 146 valence electrons. The molecule has 0 fully saturated rings. The van der Waals surface area contributed by atoms with Crippen molar-refractivity contribution in [3.05, 3.63) is 59.2 Å². The monoisotopic (exact) mass is 381 g/mol. The van der Waals surface area contributed by atoms with E-state index < -0.39 is 11.7 Å². The van der Waals surface area contributed by atoms with Gasteiger partial charge < -0.3 is 20.5 Å². The number of hydrogen-bond acceptors (Lipinski definition) is 3. The Morgan fingerprint density at radius 2 is 1.78 bits per heavy atom. The second-order valence-corrected chi connectivity index (χ2v) is 5.77. The summed E-state index contributed by atoms with van der Waals surface area (Å²) >= 11 is 0. The Labute approximate surface area is 156 Å². The van der Waals surface area contributed by atoms with E-state index in [-0.39, 0.29) is 12.5 Å². The van der Waals surface area contributed by atoms with Crippen molar-refractivity contribution < 1.29 is 22.6 Å². The first-order chi connectivity index (χ1) is 12.8. The van der Waals surface area contributed by atoms with Gasteiger partial charge in [-0.2, -0.15) is 13.2 Å². The number of nitrogens with one attached hydrogen (secondary N) is 1. The predicted octanol–water partition coefficient (Wildman–Crippen LogP) is 3.37. The van der Waals surface area contributed by atoms with Gasteiger partial charge in [0.1, 0.15) is 0 Å². The number of nitrogens with zero attached hydrogens (tertiary/aromatic N) is 1. The summed E-state index contributed by atoms with van der Waals surface area (Å²) in [5.74, 6) is 1.46. The predicted molar refractivity (Wildman–Crippen MR) is 98.0 cm³/mol. The maximum absolute atomic E-state index is 12.7. The van der Waals surface area contributed by atoms with Crippen LogP contribution in [-0.4, -0.2) is 26.7 Å². The van der Waals surface area contributed by atoms with Gasteiger partial charge in [-0.15, -0.1) is 0 Å². The van der Waals surface area contributed by atoms with Gasteiger partial charge in [0.2, 0.25) is 0 Å². The molecule has 2 aromatic rings. The molecule has 0 amide bonds. The molecule has 2 aromatic carbocycles. The highest BCUT2D eigenvalue weighted by Crippen LogP contribution is 2.29. The van der Waals surface area contributed by atoms with Crippen LogP contribution < -0.4 is 20.5 Å². The number of nitrogens with two attached hydrogens (primary N) is 1. The number of ether oxygens (including phenoxy) is 2. The minimum Gasteiger partial charge on any atom is -0.493 e. The fraction of sp³-hybridized carbons (Fsp3) is 0.316. The molecule has 0 aliphatic rings. The summed E-state index contributed by atoms with van der Waals surface area (Å²) in [7, 11) is 3.14. The molecule has 0 bridgehead atoms. The molecule has 5 nitrogen and oxygen atoms in total. The fourth-order valence-electron chi connectivity index (χ4n) is 2.45. The van der Waals surface area contributed by atoms with Crippen molar-refractivity contribution in [1.29, 1.82) is 0 Å². The van der Waals surface area contributed by atoms with E-state index in [9.17, 15) is 13.2 Å². The molecule has 0 atom stereocenters. The number of benzene rings is 2. The van der Waals surface area contributed by atoms with Crippen LogP contribution in [0.25, 0.3) is 0 Å². The fourth-order valence-corrected chi connectivity index (χ4v) is 2.45. The first-order valence-electron chi connectivity index (χ1n) is 8.24. The largest absolute Gasteiger partial charge is 0.493 e. The van der Waals surface area contributed by atoms with Crippen LogP contribution in [-0.2, 0) is 19.1 Å². The van der Waals surface area contributed by atoms with E-state index in [1.807, 2.05) is 18.2 Å². The van der Waals surface area contributed by atoms with Crippen LogP contribution in [0.3, 0.4) is 0 Å². The average Bonchev–Trinajstić information content (AvgIpc) is 2.65. The zero-order valence-corrected chi connectivity index (χ0v) is 15.1. The van der Waals surface area contributed by atoms with Crippen LogP contribution in [0, 0.1) is 0 Å². The first kappa shape index (κ1) is 20.4. The van der Waals surface area contributed by atoms with Crippen LogP contribution in [0.15, 0.2) is 47.5 Å². The third kappa shape index (κ3) is 6.09. The van der Waals surface area contributed by atoms with Crippen LogP contribution in [0.2, 0.25) is 0 Å². The minimum atomic E-state index is -4.37. The second-order valence-electron chi connectivity index (χ2n) is 5.77. The van der Waals surface area contributed by atoms with Crippen molar-refractivity contribution in [1.82, 2.24) is 5.32 Å². The van der Waals surface area contributed by atoms with E-state index in [1.54, 1.807) is 20.3 Å². The molecule has 0 heterocycles. The Hall–Kier alpha value is -2.90. The SMILES string of the molecule is COc1ccc(CCNC(N)=NCc2cccc(C(F)(F)F)c2)cc1OC. The van der Waals surface area contributed by atoms with Crippen molar-refractivity contribution in [3.63, 3.8) is 0 Å². The molecule has 2 rings (SSSR count). The third-order valence-electron chi connectivity index (χ3n) is 3.85. The Morgan fingerprint density at radius 1 is 1.04 bits per heavy atom. The lowest BCUT2D eigenvalue weighted by Gasteiger charge is -2.10. The molecular weight excluding hydrogens is 359 g/mol. The molecule has 0 aliphatic heterocycles. The van der Waals surface area contributed by atoms with E-state index in [0.29, 0.717) is 30.0 Å². The summed E-state index contributed by atoms with van der Waals surface area (Å²) in [6.07, 6.45) is -3.71. The number of methoxy groups -OCH3 is 2. The number of alkyl halides is 3. The summed E-state index contributed by atoms with van der Waals surface area (Å²) in [5.41, 5.74) is 6.54. The van der Waals surface area contributed by atoms with Gasteiger partial charge in [-0.25, -0.2) is 4.99 Å². The first-order valence-corrected chi connectivity index (χ1v) is 8.24. The van der Waals surface area contributed by atoms with Crippen LogP contribution >= 0.6 is 0 Å². The Morgan fingerprint density at radius 3 is 2.44 bits per heavy atom. The Balaban J connectivity index is 1.88. The number of hydrogen-bond donors (Lipinski definition) is 2. The van der Waals surface area contributed by atoms with Gasteiger partial charge in [0.15, 0.2) is 17.5 Å². The van der Waals surface area contributed by atoms with Crippen molar-refractivity contribution in [2.45, 2.75) is 19.1 Å². The molecule has 3 N–H and O–H groups in total. The zero-order chi connectivity index (χ0) is 19.9. The molecular formula is C19H22F3N3O2. The molecule has 0 saturated heterocycles. The molecule has 0 unspecified atom stereocenters. The number of halogens is 3. The number of guanidine groups is 1. The summed E-state index contributed by atoms with van der Waals surface area (Å²) < 4.78 is 48.6. The highest BCUT2D eigenvalue weighted by molar-refractivity contribution is 5.77. The molecule has 8 heteroatoms. The normalized spacial score (nSPS) is 12.0. The molecule has 0 saturated carbocycles. The van der Waals surface area contributed by atoms with Gasteiger partial charge in [0.05, 0.1) is 26.3 Å². The number of rotatable bonds is 7. The van der Waals surface area contributed by atoms with Crippen molar-refractivity contribution in [2.75, 3.05) is 20.8 Å². The molecule has 0 spiro atoms. The molecule has 27 heavy (non-hydrogen) atoms. The molecule has 0 aromatic heterocycles. The quantitative estimate of drug-likeness (QED) is 0.570. The topological polar surface area (TPSA) is 68.9 Å². The minimum absolute atomic E-state index is 0.0686. The summed E-state index contributed by atoms with van der Waals surface area (Å²) in [6, 6.07) is 10.6. The lowest BCUT2D eigenvalue weighted by Crippen LogP contribution is -2.33. The van der Waals surface area contributed by atoms with Crippen molar-refractivity contribution in [2.24, 2.45) is 10.7 Å². The van der Waals surface area contributed by atoms with Gasteiger partial charge in [0.25, 0.3) is 0 Å². The van der Waals surface area contributed by atoms with Crippen molar-refractivity contribution >= 4 is 5.96 Å². The molecule has 0 aliphatic carbocycles. The lowest BCUT2D eigenvalue weighted by molar-refractivity contribution is -0.137. The highest BCUT2D eigenvalue weighted by atomic mass is 19.4. The highest BCUT2D eigenvalue weighted by Gasteiger charge is 2.30. The second kappa shape index (κ2) is 9.16. The summed E-state index contributed by atoms with van der Waals surface area (Å²) in [6.45, 7) is 0.590. The smallest absolute Gasteiger partial charge is 0.416 e. The van der Waals surface area contributed by atoms with Crippen molar-refractivity contribution in [3.8, 4) is 11.5 Å². The standard InChI is InChI=1S/C19H22F3N3O2/c1-26-16-7-6-13(11-17(16)27-2)8-9-24-18(23)25-12-14-4-3-5-15(10-14)19(20,21)22/h3-7,10-11H,8-9,12H2,1-2H3,(H3,23,24,25). The Bertz CT molecular complexity index is 792. The van der Waals surface area contributed by atoms with Crippen LogP contribution in [0.1, 0.15) is 16.7 Å². The maximum Gasteiger partial charge on any atom is 0.416 e. The summed E-state index contributed by atoms with van der Waals surface area (Å²) in [5, 5.41) is 2.95. The van der Waals surface area contributed by atoms with E-state index in [1.165, 1.54) is 6.07 Å². The van der Waals surface area contributed by atoms with Gasteiger partial charge >= 0.3 is 6.18 Å². The Kier molecular flexibility index (Phi) is 6.92. The summed E-state index contributed by atoms with van der Waals surface area (Å²) in [4.78, 5) is 4.08. The van der Waals surface area contributed by atoms with Gasteiger partial charge in [0, 0.05) is 6.54 Å². The van der Waals surface area contributed by atoms with E-state index in [4.69, 9.17) is 15.2 Å². The number of aliphatic imine (C=N–C) groups is 1. The van der Waals surface area contributed by atoms with Crippen LogP contribution in [0.4, 0.5) is 13.2 Å². The van der Waals surface area contributed by atoms with E-state index in [0.717, 1.165) is 17.7 Å². The maximum atomic E-state index is 12.7. The van der Waals surface area contributed by atoms with Gasteiger partial charge in [-0.05, 0) is 41.8 Å². The van der Waals surface area contributed by atoms with Crippen LogP contribution in [0.5, 0.6) is 11.5 Å². The molecule has 0 radical (unpaired) electrons.